The second kappa shape index (κ2) is 15.1. The minimum atomic E-state index is -0.567. The molecule has 0 saturated carbocycles. The van der Waals surface area contributed by atoms with Crippen molar-refractivity contribution in [3.63, 3.8) is 0 Å². The van der Waals surface area contributed by atoms with Crippen LogP contribution in [-0.4, -0.2) is 9.97 Å². The van der Waals surface area contributed by atoms with Crippen molar-refractivity contribution in [2.75, 3.05) is 0 Å². The second-order valence-corrected chi connectivity index (χ2v) is 18.0. The molecule has 10 aromatic carbocycles. The van der Waals surface area contributed by atoms with Gasteiger partial charge in [0.2, 0.25) is 0 Å². The lowest BCUT2D eigenvalue weighted by atomic mass is 9.66. The van der Waals surface area contributed by atoms with Gasteiger partial charge in [-0.3, -0.25) is 0 Å². The molecule has 2 heterocycles. The van der Waals surface area contributed by atoms with E-state index in [1.165, 1.54) is 55.6 Å². The van der Waals surface area contributed by atoms with E-state index < -0.39 is 5.41 Å². The molecule has 0 bridgehead atoms. The summed E-state index contributed by atoms with van der Waals surface area (Å²) in [6, 6.07) is 87.7. The topological polar surface area (TPSA) is 38.9 Å². The van der Waals surface area contributed by atoms with Crippen molar-refractivity contribution in [2.24, 2.45) is 0 Å². The first kappa shape index (κ1) is 38.4. The normalized spacial score (nSPS) is 12.8. The summed E-state index contributed by atoms with van der Waals surface area (Å²) >= 11 is 0. The first-order valence-electron chi connectivity index (χ1n) is 23.3. The molecule has 0 unspecified atom stereocenters. The van der Waals surface area contributed by atoms with Crippen molar-refractivity contribution in [3.05, 3.63) is 265 Å². The summed E-state index contributed by atoms with van der Waals surface area (Å²) < 4.78 is 6.45. The maximum Gasteiger partial charge on any atom is 0.160 e. The number of furan rings is 1. The minimum absolute atomic E-state index is 0.567. The van der Waals surface area contributed by atoms with Gasteiger partial charge in [-0.1, -0.05) is 200 Å². The highest BCUT2D eigenvalue weighted by Crippen LogP contribution is 2.61. The van der Waals surface area contributed by atoms with Gasteiger partial charge >= 0.3 is 0 Å². The number of hydrogen-bond donors (Lipinski definition) is 0. The fraction of sp³-hybridized carbons (Fsp3) is 0.0154. The van der Waals surface area contributed by atoms with Crippen molar-refractivity contribution in [1.29, 1.82) is 0 Å². The van der Waals surface area contributed by atoms with Crippen LogP contribution in [0.5, 0.6) is 0 Å². The van der Waals surface area contributed by atoms with E-state index >= 15 is 0 Å². The van der Waals surface area contributed by atoms with Gasteiger partial charge in [-0.2, -0.15) is 0 Å². The average molecular weight is 865 g/mol. The molecule has 3 heteroatoms. The van der Waals surface area contributed by atoms with Crippen molar-refractivity contribution in [3.8, 4) is 89.5 Å². The molecule has 1 spiro atoms. The Hall–Kier alpha value is -8.92. The van der Waals surface area contributed by atoms with Gasteiger partial charge in [0.05, 0.1) is 16.8 Å². The first-order valence-corrected chi connectivity index (χ1v) is 23.3. The number of fused-ring (bicyclic) bond motifs is 15. The molecule has 12 aromatic rings. The zero-order valence-corrected chi connectivity index (χ0v) is 36.9. The summed E-state index contributed by atoms with van der Waals surface area (Å²) in [4.78, 5) is 11.1. The lowest BCUT2D eigenvalue weighted by Crippen LogP contribution is -2.29. The van der Waals surface area contributed by atoms with Crippen LogP contribution in [0.25, 0.3) is 111 Å². The summed E-state index contributed by atoms with van der Waals surface area (Å²) in [5, 5.41) is 2.10. The van der Waals surface area contributed by atoms with Crippen LogP contribution in [0.2, 0.25) is 0 Å². The third kappa shape index (κ3) is 5.72. The van der Waals surface area contributed by atoms with Gasteiger partial charge in [0.1, 0.15) is 11.2 Å². The number of rotatable bonds is 5. The van der Waals surface area contributed by atoms with Crippen LogP contribution in [0.4, 0.5) is 0 Å². The molecular formula is C65H40N2O. The van der Waals surface area contributed by atoms with Gasteiger partial charge < -0.3 is 4.42 Å². The van der Waals surface area contributed by atoms with Gasteiger partial charge in [0, 0.05) is 27.5 Å². The summed E-state index contributed by atoms with van der Waals surface area (Å²) in [6.07, 6.45) is 0. The predicted molar refractivity (Wildman–Crippen MR) is 278 cm³/mol. The SMILES string of the molecule is c1ccc(-c2cc(-c3ccccc3)cc(-c3nc(-c4ccc5c(c4)-c4ccccc4C54c5ccccc5-c5ccccc5-c5ccccc54)cc(-c4cccc5oc6ccccc6c45)n3)c2)cc1. The Labute approximate surface area is 394 Å². The Morgan fingerprint density at radius 3 is 1.38 bits per heavy atom. The van der Waals surface area contributed by atoms with Gasteiger partial charge in [-0.25, -0.2) is 9.97 Å². The van der Waals surface area contributed by atoms with Gasteiger partial charge in [-0.15, -0.1) is 0 Å². The molecule has 0 atom stereocenters. The van der Waals surface area contributed by atoms with E-state index in [9.17, 15) is 0 Å². The standard InChI is InChI=1S/C65H40N2O/c1-3-18-41(19-4-1)44-36-45(42-20-5-2-6-21-42)38-46(37-44)64-66-59(40-60(67-64)52-28-17-33-62-63(52)53-27-12-16-32-61(53)68-62)43-34-35-58-54(39-43)51-26-11-15-31-57(51)65(58)55-29-13-9-24-49(55)47-22-7-8-23-48(47)50-25-10-14-30-56(50)65/h1-40H. The van der Waals surface area contributed by atoms with Crippen molar-refractivity contribution in [1.82, 2.24) is 9.97 Å². The van der Waals surface area contributed by atoms with Crippen LogP contribution in [0.15, 0.2) is 247 Å². The fourth-order valence-electron chi connectivity index (χ4n) is 11.4. The fourth-order valence-corrected chi connectivity index (χ4v) is 11.4. The van der Waals surface area contributed by atoms with Crippen LogP contribution >= 0.6 is 0 Å². The van der Waals surface area contributed by atoms with Crippen molar-refractivity contribution < 1.29 is 4.42 Å². The maximum absolute atomic E-state index is 6.45. The first-order chi connectivity index (χ1) is 33.7. The average Bonchev–Trinajstić information content (AvgIpc) is 3.91. The minimum Gasteiger partial charge on any atom is -0.456 e. The van der Waals surface area contributed by atoms with Crippen molar-refractivity contribution in [2.45, 2.75) is 5.41 Å². The van der Waals surface area contributed by atoms with Crippen LogP contribution in [-0.2, 0) is 5.41 Å². The van der Waals surface area contributed by atoms with Gasteiger partial charge in [0.15, 0.2) is 5.82 Å². The molecule has 0 amide bonds. The molecule has 0 N–H and O–H groups in total. The Kier molecular flexibility index (Phi) is 8.50. The quantitative estimate of drug-likeness (QED) is 0.173. The Morgan fingerprint density at radius 2 is 0.750 bits per heavy atom. The molecule has 0 aliphatic heterocycles. The van der Waals surface area contributed by atoms with E-state index in [4.69, 9.17) is 14.4 Å². The molecule has 316 valence electrons. The third-order valence-electron chi connectivity index (χ3n) is 14.3. The predicted octanol–water partition coefficient (Wildman–Crippen LogP) is 16.7. The molecule has 3 nitrogen and oxygen atoms in total. The van der Waals surface area contributed by atoms with E-state index in [1.807, 2.05) is 18.2 Å². The molecule has 0 saturated heterocycles. The third-order valence-corrected chi connectivity index (χ3v) is 14.3. The lowest BCUT2D eigenvalue weighted by Gasteiger charge is -2.35. The van der Waals surface area contributed by atoms with Crippen LogP contribution in [0.1, 0.15) is 22.3 Å². The molecule has 0 radical (unpaired) electrons. The smallest absolute Gasteiger partial charge is 0.160 e. The monoisotopic (exact) mass is 864 g/mol. The molecule has 0 fully saturated rings. The molecule has 68 heavy (non-hydrogen) atoms. The van der Waals surface area contributed by atoms with E-state index in [1.54, 1.807) is 0 Å². The highest BCUT2D eigenvalue weighted by molar-refractivity contribution is 6.12. The second-order valence-electron chi connectivity index (χ2n) is 18.0. The number of nitrogens with zero attached hydrogens (tertiary/aromatic N) is 2. The summed E-state index contributed by atoms with van der Waals surface area (Å²) in [5.41, 5.74) is 22.8. The largest absolute Gasteiger partial charge is 0.456 e. The summed E-state index contributed by atoms with van der Waals surface area (Å²) in [6.45, 7) is 0. The van der Waals surface area contributed by atoms with E-state index in [2.05, 4.69) is 224 Å². The summed E-state index contributed by atoms with van der Waals surface area (Å²) in [7, 11) is 0. The van der Waals surface area contributed by atoms with Gasteiger partial charge in [-0.05, 0) is 120 Å². The van der Waals surface area contributed by atoms with Gasteiger partial charge in [0.25, 0.3) is 0 Å². The molecule has 2 aliphatic rings. The van der Waals surface area contributed by atoms with E-state index in [0.29, 0.717) is 5.82 Å². The maximum atomic E-state index is 6.45. The Balaban J connectivity index is 1.03. The number of aromatic nitrogens is 2. The van der Waals surface area contributed by atoms with E-state index in [0.717, 1.165) is 72.3 Å². The Morgan fingerprint density at radius 1 is 0.279 bits per heavy atom. The van der Waals surface area contributed by atoms with E-state index in [-0.39, 0.29) is 0 Å². The zero-order chi connectivity index (χ0) is 44.8. The highest BCUT2D eigenvalue weighted by Gasteiger charge is 2.49. The molecule has 14 rings (SSSR count). The van der Waals surface area contributed by atoms with Crippen LogP contribution in [0, 0.1) is 0 Å². The number of hydrogen-bond acceptors (Lipinski definition) is 3. The lowest BCUT2D eigenvalue weighted by molar-refractivity contribution is 0.669. The molecule has 2 aromatic heterocycles. The van der Waals surface area contributed by atoms with Crippen LogP contribution < -0.4 is 0 Å². The van der Waals surface area contributed by atoms with Crippen molar-refractivity contribution >= 4 is 21.9 Å². The summed E-state index contributed by atoms with van der Waals surface area (Å²) in [5.74, 6) is 0.652. The highest BCUT2D eigenvalue weighted by atomic mass is 16.3. The zero-order valence-electron chi connectivity index (χ0n) is 36.9. The number of para-hydroxylation sites is 1. The molecule has 2 aliphatic carbocycles. The Bertz CT molecular complexity index is 3850. The number of benzene rings is 10. The van der Waals surface area contributed by atoms with Crippen LogP contribution in [0.3, 0.4) is 0 Å². The molecular weight excluding hydrogens is 825 g/mol.